The summed E-state index contributed by atoms with van der Waals surface area (Å²) in [6, 6.07) is 12.6. The number of ether oxygens (including phenoxy) is 2. The van der Waals surface area contributed by atoms with Gasteiger partial charge in [0.05, 0.1) is 7.11 Å². The highest BCUT2D eigenvalue weighted by Gasteiger charge is 2.33. The maximum Gasteiger partial charge on any atom is 0.165 e. The van der Waals surface area contributed by atoms with E-state index < -0.39 is 5.82 Å². The lowest BCUT2D eigenvalue weighted by molar-refractivity contribution is 0.300. The van der Waals surface area contributed by atoms with Crippen LogP contribution in [0.5, 0.6) is 17.2 Å². The quantitative estimate of drug-likeness (QED) is 0.684. The van der Waals surface area contributed by atoms with Crippen molar-refractivity contribution in [1.82, 2.24) is 4.90 Å². The first kappa shape index (κ1) is 18.2. The van der Waals surface area contributed by atoms with Gasteiger partial charge in [-0.25, -0.2) is 8.79 Å². The highest BCUT2D eigenvalue weighted by Crippen LogP contribution is 2.36. The van der Waals surface area contributed by atoms with E-state index in [0.717, 1.165) is 25.3 Å². The van der Waals surface area contributed by atoms with Gasteiger partial charge in [-0.1, -0.05) is 19.1 Å². The molecule has 0 bridgehead atoms. The zero-order valence-electron chi connectivity index (χ0n) is 15.5. The Morgan fingerprint density at radius 1 is 1.15 bits per heavy atom. The first-order chi connectivity index (χ1) is 13.1. The van der Waals surface area contributed by atoms with Crippen LogP contribution in [0.2, 0.25) is 0 Å². The maximum absolute atomic E-state index is 13.5. The van der Waals surface area contributed by atoms with Gasteiger partial charge < -0.3 is 14.4 Å². The molecule has 2 atom stereocenters. The number of nitrogens with zero attached hydrogens (tertiary/aromatic N) is 2. The molecule has 0 N–H and O–H groups in total. The minimum absolute atomic E-state index is 0.174. The number of benzene rings is 2. The molecule has 1 saturated heterocycles. The van der Waals surface area contributed by atoms with Gasteiger partial charge in [0.25, 0.3) is 0 Å². The van der Waals surface area contributed by atoms with E-state index in [2.05, 4.69) is 24.0 Å². The van der Waals surface area contributed by atoms with E-state index in [1.165, 1.54) is 24.6 Å². The summed E-state index contributed by atoms with van der Waals surface area (Å²) in [4.78, 5) is 2.44. The molecule has 0 amide bonds. The van der Waals surface area contributed by atoms with Crippen molar-refractivity contribution in [3.63, 3.8) is 0 Å². The fourth-order valence-electron chi connectivity index (χ4n) is 3.76. The summed E-state index contributed by atoms with van der Waals surface area (Å²) in [7, 11) is 1.44. The van der Waals surface area contributed by atoms with Crippen molar-refractivity contribution in [2.24, 2.45) is 10.3 Å². The second-order valence-electron chi connectivity index (χ2n) is 7.09. The summed E-state index contributed by atoms with van der Waals surface area (Å²) in [5.74, 6) is 4.30. The lowest BCUT2D eigenvalue weighted by Crippen LogP contribution is -2.46. The Morgan fingerprint density at radius 3 is 2.70 bits per heavy atom. The summed E-state index contributed by atoms with van der Waals surface area (Å²) in [5, 5.41) is 0. The Bertz CT molecular complexity index is 841. The smallest absolute Gasteiger partial charge is 0.165 e. The predicted molar refractivity (Wildman–Crippen MR) is 107 cm³/mol. The second kappa shape index (κ2) is 7.80. The van der Waals surface area contributed by atoms with Crippen molar-refractivity contribution in [2.45, 2.75) is 19.3 Å². The van der Waals surface area contributed by atoms with Gasteiger partial charge in [-0.3, -0.25) is 0 Å². The van der Waals surface area contributed by atoms with Crippen molar-refractivity contribution < 1.29 is 13.9 Å². The first-order valence-electron chi connectivity index (χ1n) is 9.20. The van der Waals surface area contributed by atoms with E-state index in [1.54, 1.807) is 24.1 Å². The topological polar surface area (TPSA) is 34.1 Å². The van der Waals surface area contributed by atoms with Gasteiger partial charge in [0, 0.05) is 30.8 Å². The Balaban J connectivity index is 1.52. The molecule has 0 aliphatic carbocycles. The van der Waals surface area contributed by atoms with E-state index in [-0.39, 0.29) is 5.75 Å². The van der Waals surface area contributed by atoms with E-state index >= 15 is 0 Å². The lowest BCUT2D eigenvalue weighted by Gasteiger charge is -2.40. The number of hydrogen-bond acceptors (Lipinski definition) is 5. The molecule has 27 heavy (non-hydrogen) atoms. The van der Waals surface area contributed by atoms with Crippen LogP contribution in [-0.2, 0) is 0 Å². The number of halogens is 1. The molecule has 2 unspecified atom stereocenters. The lowest BCUT2D eigenvalue weighted by atomic mass is 9.84. The molecule has 2 aromatic carbocycles. The average Bonchev–Trinajstić information content (AvgIpc) is 2.69. The van der Waals surface area contributed by atoms with Gasteiger partial charge in [-0.15, -0.1) is 0 Å². The number of rotatable bonds is 4. The van der Waals surface area contributed by atoms with Crippen LogP contribution < -0.4 is 9.47 Å². The van der Waals surface area contributed by atoms with Crippen LogP contribution in [0.4, 0.5) is 4.39 Å². The molecule has 0 spiro atoms. The van der Waals surface area contributed by atoms with Crippen molar-refractivity contribution in [3.05, 3.63) is 53.8 Å². The van der Waals surface area contributed by atoms with Crippen molar-refractivity contribution in [3.8, 4) is 17.2 Å². The van der Waals surface area contributed by atoms with Gasteiger partial charge in [0.1, 0.15) is 17.3 Å². The summed E-state index contributed by atoms with van der Waals surface area (Å²) in [6.07, 6.45) is 1.12. The molecule has 1 fully saturated rings. The fourth-order valence-corrected chi connectivity index (χ4v) is 4.52. The molecule has 4 rings (SSSR count). The summed E-state index contributed by atoms with van der Waals surface area (Å²) in [5.41, 5.74) is 1.26. The van der Waals surface area contributed by atoms with Crippen LogP contribution in [0.1, 0.15) is 24.8 Å². The number of fused-ring (bicyclic) bond motifs is 1. The van der Waals surface area contributed by atoms with Gasteiger partial charge in [-0.05, 0) is 54.1 Å². The van der Waals surface area contributed by atoms with E-state index in [4.69, 9.17) is 13.9 Å². The Morgan fingerprint density at radius 2 is 1.93 bits per heavy atom. The van der Waals surface area contributed by atoms with Gasteiger partial charge >= 0.3 is 0 Å². The number of amidine groups is 1. The maximum atomic E-state index is 13.5. The second-order valence-corrected chi connectivity index (χ2v) is 7.94. The van der Waals surface area contributed by atoms with Crippen molar-refractivity contribution in [1.29, 1.82) is 0 Å². The van der Waals surface area contributed by atoms with E-state index in [0.29, 0.717) is 23.3 Å². The zero-order chi connectivity index (χ0) is 18.8. The molecule has 0 aromatic heterocycles. The molecule has 0 saturated carbocycles. The number of hydrogen-bond donors (Lipinski definition) is 0. The standard InChI is InChI=1S/C21H23FN2O2S/c1-14-11-18(21-23-27-10-9-24(21)13-14)15-3-5-16(6-4-15)26-17-7-8-19(22)20(12-17)25-2/h3-8,12,14,18H,9-11,13H2,1-2H3. The fraction of sp³-hybridized carbons (Fsp3) is 0.381. The van der Waals surface area contributed by atoms with E-state index in [1.807, 2.05) is 12.1 Å². The molecule has 142 valence electrons. The van der Waals surface area contributed by atoms with Crippen molar-refractivity contribution >= 4 is 17.8 Å². The van der Waals surface area contributed by atoms with Crippen LogP contribution >= 0.6 is 11.9 Å². The Hall–Kier alpha value is -2.21. The Labute approximate surface area is 163 Å². The van der Waals surface area contributed by atoms with Crippen LogP contribution in [0.25, 0.3) is 0 Å². The third kappa shape index (κ3) is 3.90. The molecular weight excluding hydrogens is 363 g/mol. The largest absolute Gasteiger partial charge is 0.494 e. The molecular formula is C21H23FN2O2S. The van der Waals surface area contributed by atoms with Crippen LogP contribution in [0, 0.1) is 11.7 Å². The summed E-state index contributed by atoms with van der Waals surface area (Å²) in [6.45, 7) is 4.49. The van der Waals surface area contributed by atoms with Gasteiger partial charge in [-0.2, -0.15) is 0 Å². The minimum Gasteiger partial charge on any atom is -0.494 e. The highest BCUT2D eigenvalue weighted by molar-refractivity contribution is 7.98. The number of methoxy groups -OCH3 is 1. The van der Waals surface area contributed by atoms with Gasteiger partial charge in [0.15, 0.2) is 11.6 Å². The molecule has 4 nitrogen and oxygen atoms in total. The molecule has 2 aliphatic rings. The monoisotopic (exact) mass is 386 g/mol. The number of piperidine rings is 1. The molecule has 2 heterocycles. The zero-order valence-corrected chi connectivity index (χ0v) is 16.3. The van der Waals surface area contributed by atoms with Gasteiger partial charge in [0.2, 0.25) is 0 Å². The molecule has 2 aromatic rings. The van der Waals surface area contributed by atoms with Crippen molar-refractivity contribution in [2.75, 3.05) is 26.0 Å². The molecule has 0 radical (unpaired) electrons. The molecule has 2 aliphatic heterocycles. The highest BCUT2D eigenvalue weighted by atomic mass is 32.2. The molecule has 6 heteroatoms. The normalized spacial score (nSPS) is 22.0. The average molecular weight is 386 g/mol. The van der Waals surface area contributed by atoms with Crippen LogP contribution in [-0.4, -0.2) is 36.7 Å². The summed E-state index contributed by atoms with van der Waals surface area (Å²) >= 11 is 1.67. The first-order valence-corrected chi connectivity index (χ1v) is 10.1. The Kier molecular flexibility index (Phi) is 5.25. The van der Waals surface area contributed by atoms with E-state index in [9.17, 15) is 4.39 Å². The predicted octanol–water partition coefficient (Wildman–Crippen LogP) is 5.11. The third-order valence-electron chi connectivity index (χ3n) is 5.06. The van der Waals surface area contributed by atoms with Crippen LogP contribution in [0.15, 0.2) is 46.9 Å². The van der Waals surface area contributed by atoms with Crippen LogP contribution in [0.3, 0.4) is 0 Å². The minimum atomic E-state index is -0.401. The third-order valence-corrected chi connectivity index (χ3v) is 5.74. The summed E-state index contributed by atoms with van der Waals surface area (Å²) < 4.78 is 29.1. The SMILES string of the molecule is COc1cc(Oc2ccc(C3CC(C)CN4CCSN=C34)cc2)ccc1F.